The Morgan fingerprint density at radius 2 is 1.88 bits per heavy atom. The summed E-state index contributed by atoms with van der Waals surface area (Å²) in [5.74, 6) is 0.805. The number of thiophene rings is 1. The van der Waals surface area contributed by atoms with Crippen molar-refractivity contribution in [3.8, 4) is 16.3 Å². The molecule has 0 aliphatic carbocycles. The van der Waals surface area contributed by atoms with Gasteiger partial charge in [-0.3, -0.25) is 0 Å². The lowest BCUT2D eigenvalue weighted by Gasteiger charge is -2.18. The average molecular weight is 359 g/mol. The van der Waals surface area contributed by atoms with Gasteiger partial charge in [0.1, 0.15) is 11.4 Å². The number of nitrogens with zero attached hydrogens (tertiary/aromatic N) is 2. The van der Waals surface area contributed by atoms with Gasteiger partial charge in [0, 0.05) is 11.4 Å². The van der Waals surface area contributed by atoms with Crippen LogP contribution in [0.3, 0.4) is 0 Å². The van der Waals surface area contributed by atoms with Gasteiger partial charge in [0.15, 0.2) is 4.80 Å². The molecule has 0 saturated carbocycles. The highest BCUT2D eigenvalue weighted by Gasteiger charge is 2.16. The van der Waals surface area contributed by atoms with E-state index < -0.39 is 0 Å². The third-order valence-corrected chi connectivity index (χ3v) is 5.86. The molecule has 24 heavy (non-hydrogen) atoms. The fraction of sp³-hybridized carbons (Fsp3) is 0.316. The van der Waals surface area contributed by atoms with Crippen molar-refractivity contribution in [2.45, 2.75) is 32.7 Å². The lowest BCUT2D eigenvalue weighted by Crippen LogP contribution is -2.20. The van der Waals surface area contributed by atoms with E-state index in [1.54, 1.807) is 29.8 Å². The van der Waals surface area contributed by atoms with Gasteiger partial charge in [-0.1, -0.05) is 32.0 Å². The summed E-state index contributed by atoms with van der Waals surface area (Å²) in [6.07, 6.45) is 2.18. The number of rotatable bonds is 6. The molecule has 0 N–H and O–H groups in total. The summed E-state index contributed by atoms with van der Waals surface area (Å²) < 4.78 is 7.85. The Morgan fingerprint density at radius 3 is 2.54 bits per heavy atom. The molecule has 3 nitrogen and oxygen atoms in total. The largest absolute Gasteiger partial charge is 0.494 e. The number of ether oxygens (including phenoxy) is 1. The van der Waals surface area contributed by atoms with Crippen molar-refractivity contribution in [2.75, 3.05) is 7.11 Å². The van der Waals surface area contributed by atoms with E-state index >= 15 is 0 Å². The van der Waals surface area contributed by atoms with E-state index in [1.807, 2.05) is 24.3 Å². The maximum absolute atomic E-state index is 5.45. The quantitative estimate of drug-likeness (QED) is 0.540. The molecule has 0 spiro atoms. The second-order valence-electron chi connectivity index (χ2n) is 5.50. The van der Waals surface area contributed by atoms with Crippen LogP contribution in [0.4, 0.5) is 5.69 Å². The summed E-state index contributed by atoms with van der Waals surface area (Å²) in [6.45, 7) is 4.48. The summed E-state index contributed by atoms with van der Waals surface area (Å²) in [5, 5.41) is 4.35. The van der Waals surface area contributed by atoms with Gasteiger partial charge < -0.3 is 9.30 Å². The normalized spacial score (nSPS) is 12.1. The Morgan fingerprint density at radius 1 is 1.08 bits per heavy atom. The van der Waals surface area contributed by atoms with Crippen LogP contribution in [0.1, 0.15) is 32.7 Å². The predicted molar refractivity (Wildman–Crippen MR) is 103 cm³/mol. The number of methoxy groups -OCH3 is 1. The van der Waals surface area contributed by atoms with Crippen molar-refractivity contribution >= 4 is 28.4 Å². The fourth-order valence-electron chi connectivity index (χ4n) is 2.84. The lowest BCUT2D eigenvalue weighted by atomic mass is 10.1. The Hall–Kier alpha value is -1.85. The van der Waals surface area contributed by atoms with Crippen LogP contribution in [0, 0.1) is 0 Å². The molecular formula is C19H22N2OS2. The van der Waals surface area contributed by atoms with E-state index in [2.05, 4.69) is 41.3 Å². The maximum Gasteiger partial charge on any atom is 0.190 e. The SMILES string of the molecule is CCC(CC)n1c(-c2cccs2)csc1=Nc1ccccc1OC. The highest BCUT2D eigenvalue weighted by molar-refractivity contribution is 7.14. The third kappa shape index (κ3) is 3.32. The summed E-state index contributed by atoms with van der Waals surface area (Å²) >= 11 is 3.47. The predicted octanol–water partition coefficient (Wildman–Crippen LogP) is 5.88. The Kier molecular flexibility index (Phi) is 5.53. The third-order valence-electron chi connectivity index (χ3n) is 4.12. The Labute approximate surface area is 150 Å². The van der Waals surface area contributed by atoms with Crippen LogP contribution < -0.4 is 9.54 Å². The van der Waals surface area contributed by atoms with E-state index in [4.69, 9.17) is 9.73 Å². The second kappa shape index (κ2) is 7.81. The van der Waals surface area contributed by atoms with Gasteiger partial charge in [-0.25, -0.2) is 4.99 Å². The van der Waals surface area contributed by atoms with Crippen molar-refractivity contribution in [2.24, 2.45) is 4.99 Å². The minimum atomic E-state index is 0.446. The van der Waals surface area contributed by atoms with E-state index in [1.165, 1.54) is 10.6 Å². The summed E-state index contributed by atoms with van der Waals surface area (Å²) in [4.78, 5) is 7.24. The molecule has 0 atom stereocenters. The number of aromatic nitrogens is 1. The molecule has 3 rings (SSSR count). The molecule has 5 heteroatoms. The van der Waals surface area contributed by atoms with Crippen LogP contribution in [-0.2, 0) is 0 Å². The zero-order valence-electron chi connectivity index (χ0n) is 14.2. The Balaban J connectivity index is 2.19. The monoisotopic (exact) mass is 358 g/mol. The molecule has 0 unspecified atom stereocenters. The summed E-state index contributed by atoms with van der Waals surface area (Å²) in [6, 6.07) is 12.6. The molecule has 0 aliphatic heterocycles. The van der Waals surface area contributed by atoms with Gasteiger partial charge >= 0.3 is 0 Å². The minimum Gasteiger partial charge on any atom is -0.494 e. The number of hydrogen-bond donors (Lipinski definition) is 0. The van der Waals surface area contributed by atoms with Gasteiger partial charge in [-0.05, 0) is 36.4 Å². The van der Waals surface area contributed by atoms with Gasteiger partial charge in [0.05, 0.1) is 17.7 Å². The Bertz CT molecular complexity index is 842. The first-order chi connectivity index (χ1) is 11.8. The van der Waals surface area contributed by atoms with Crippen LogP contribution >= 0.6 is 22.7 Å². The molecular weight excluding hydrogens is 336 g/mol. The van der Waals surface area contributed by atoms with Crippen molar-refractivity contribution in [3.63, 3.8) is 0 Å². The molecule has 0 saturated heterocycles. The topological polar surface area (TPSA) is 26.5 Å². The van der Waals surface area contributed by atoms with Crippen molar-refractivity contribution < 1.29 is 4.74 Å². The fourth-order valence-corrected chi connectivity index (χ4v) is 4.62. The zero-order chi connectivity index (χ0) is 16.9. The molecule has 2 heterocycles. The summed E-state index contributed by atoms with van der Waals surface area (Å²) in [5.41, 5.74) is 2.14. The van der Waals surface area contributed by atoms with E-state index in [9.17, 15) is 0 Å². The number of hydrogen-bond acceptors (Lipinski definition) is 4. The second-order valence-corrected chi connectivity index (χ2v) is 7.29. The number of para-hydroxylation sites is 2. The smallest absolute Gasteiger partial charge is 0.190 e. The molecule has 1 aromatic carbocycles. The van der Waals surface area contributed by atoms with Crippen molar-refractivity contribution in [3.05, 3.63) is 52.0 Å². The molecule has 0 aliphatic rings. The highest BCUT2D eigenvalue weighted by atomic mass is 32.1. The van der Waals surface area contributed by atoms with Crippen LogP contribution in [0.2, 0.25) is 0 Å². The van der Waals surface area contributed by atoms with Crippen molar-refractivity contribution in [1.29, 1.82) is 0 Å². The molecule has 126 valence electrons. The van der Waals surface area contributed by atoms with Crippen molar-refractivity contribution in [1.82, 2.24) is 4.57 Å². The molecule has 3 aromatic rings. The molecule has 0 radical (unpaired) electrons. The standard InChI is InChI=1S/C19H22N2OS2/c1-4-14(5-2)21-16(18-11-8-12-23-18)13-24-19(21)20-15-9-6-7-10-17(15)22-3/h6-14H,4-5H2,1-3H3. The summed E-state index contributed by atoms with van der Waals surface area (Å²) in [7, 11) is 1.69. The minimum absolute atomic E-state index is 0.446. The molecule has 0 fully saturated rings. The zero-order valence-corrected chi connectivity index (χ0v) is 15.9. The van der Waals surface area contributed by atoms with E-state index in [0.717, 1.165) is 29.1 Å². The first-order valence-electron chi connectivity index (χ1n) is 8.20. The van der Waals surface area contributed by atoms with Gasteiger partial charge in [0.2, 0.25) is 0 Å². The first-order valence-corrected chi connectivity index (χ1v) is 9.96. The number of benzene rings is 1. The van der Waals surface area contributed by atoms with Crippen LogP contribution in [-0.4, -0.2) is 11.7 Å². The molecule has 0 bridgehead atoms. The maximum atomic E-state index is 5.45. The molecule has 2 aromatic heterocycles. The van der Waals surface area contributed by atoms with Crippen LogP contribution in [0.25, 0.3) is 10.6 Å². The van der Waals surface area contributed by atoms with Gasteiger partial charge in [0.25, 0.3) is 0 Å². The average Bonchev–Trinajstić information content (AvgIpc) is 3.27. The van der Waals surface area contributed by atoms with Gasteiger partial charge in [-0.15, -0.1) is 22.7 Å². The molecule has 0 amide bonds. The highest BCUT2D eigenvalue weighted by Crippen LogP contribution is 2.31. The first kappa shape index (κ1) is 17.0. The van der Waals surface area contributed by atoms with Gasteiger partial charge in [-0.2, -0.15) is 0 Å². The van der Waals surface area contributed by atoms with Crippen LogP contribution in [0.5, 0.6) is 5.75 Å². The van der Waals surface area contributed by atoms with E-state index in [-0.39, 0.29) is 0 Å². The van der Waals surface area contributed by atoms with E-state index in [0.29, 0.717) is 6.04 Å². The number of thiazole rings is 1. The van der Waals surface area contributed by atoms with Crippen LogP contribution in [0.15, 0.2) is 52.2 Å². The lowest BCUT2D eigenvalue weighted by molar-refractivity contribution is 0.415.